The van der Waals surface area contributed by atoms with Crippen LogP contribution in [0.15, 0.2) is 0 Å². The summed E-state index contributed by atoms with van der Waals surface area (Å²) < 4.78 is 0. The van der Waals surface area contributed by atoms with Crippen molar-refractivity contribution in [1.29, 1.82) is 0 Å². The Hall–Kier alpha value is -0.610. The summed E-state index contributed by atoms with van der Waals surface area (Å²) in [6, 6.07) is -0.384. The van der Waals surface area contributed by atoms with E-state index < -0.39 is 11.4 Å². The Kier molecular flexibility index (Phi) is 2.15. The summed E-state index contributed by atoms with van der Waals surface area (Å²) >= 11 is 0. The molecule has 0 aromatic heterocycles. The summed E-state index contributed by atoms with van der Waals surface area (Å²) in [5.41, 5.74) is 4.53. The molecule has 64 valence electrons. The second-order valence-electron chi connectivity index (χ2n) is 3.12. The highest BCUT2D eigenvalue weighted by molar-refractivity contribution is 5.76. The third-order valence-electron chi connectivity index (χ3n) is 2.56. The Morgan fingerprint density at radius 3 is 2.55 bits per heavy atom. The summed E-state index contributed by atoms with van der Waals surface area (Å²) in [5, 5.41) is 17.7. The Balaban J connectivity index is 2.82. The quantitative estimate of drug-likeness (QED) is 0.510. The molecule has 1 aliphatic carbocycles. The largest absolute Gasteiger partial charge is 0.481 e. The first-order valence-corrected chi connectivity index (χ1v) is 3.73. The number of aliphatic hydroxyl groups is 1. The van der Waals surface area contributed by atoms with Gasteiger partial charge in [-0.3, -0.25) is 4.79 Å². The number of carboxylic acids is 1. The van der Waals surface area contributed by atoms with Crippen LogP contribution in [0.3, 0.4) is 0 Å². The van der Waals surface area contributed by atoms with Gasteiger partial charge in [0.1, 0.15) is 5.41 Å². The average molecular weight is 159 g/mol. The van der Waals surface area contributed by atoms with Gasteiger partial charge in [-0.15, -0.1) is 0 Å². The van der Waals surface area contributed by atoms with Crippen molar-refractivity contribution in [3.05, 3.63) is 0 Å². The van der Waals surface area contributed by atoms with Crippen LogP contribution in [0.25, 0.3) is 0 Å². The van der Waals surface area contributed by atoms with E-state index in [9.17, 15) is 4.79 Å². The van der Waals surface area contributed by atoms with Crippen molar-refractivity contribution < 1.29 is 15.0 Å². The van der Waals surface area contributed by atoms with E-state index in [2.05, 4.69) is 0 Å². The van der Waals surface area contributed by atoms with Crippen LogP contribution in [0, 0.1) is 5.41 Å². The first-order chi connectivity index (χ1) is 5.13. The average Bonchev–Trinajstić information content (AvgIpc) is 2.32. The first kappa shape index (κ1) is 8.49. The van der Waals surface area contributed by atoms with Gasteiger partial charge in [0, 0.05) is 6.04 Å². The molecule has 0 radical (unpaired) electrons. The van der Waals surface area contributed by atoms with Crippen LogP contribution in [0.1, 0.15) is 19.3 Å². The van der Waals surface area contributed by atoms with Crippen molar-refractivity contribution in [2.45, 2.75) is 25.3 Å². The van der Waals surface area contributed by atoms with Crippen LogP contribution >= 0.6 is 0 Å². The number of aliphatic hydroxyl groups excluding tert-OH is 1. The van der Waals surface area contributed by atoms with Crippen molar-refractivity contribution in [2.24, 2.45) is 11.1 Å². The SMILES string of the molecule is N[C@@H]1CCC[C@]1(CO)C(=O)O. The van der Waals surface area contributed by atoms with Crippen LogP contribution in [0.5, 0.6) is 0 Å². The predicted molar refractivity (Wildman–Crippen MR) is 39.0 cm³/mol. The third-order valence-corrected chi connectivity index (χ3v) is 2.56. The summed E-state index contributed by atoms with van der Waals surface area (Å²) in [6.45, 7) is -0.344. The van der Waals surface area contributed by atoms with E-state index in [0.717, 1.165) is 6.42 Å². The molecule has 0 unspecified atom stereocenters. The molecule has 0 heterocycles. The topological polar surface area (TPSA) is 83.5 Å². The molecule has 11 heavy (non-hydrogen) atoms. The van der Waals surface area contributed by atoms with Crippen molar-refractivity contribution in [2.75, 3.05) is 6.61 Å². The third kappa shape index (κ3) is 1.12. The lowest BCUT2D eigenvalue weighted by atomic mass is 9.84. The highest BCUT2D eigenvalue weighted by atomic mass is 16.4. The van der Waals surface area contributed by atoms with E-state index >= 15 is 0 Å². The Morgan fingerprint density at radius 1 is 1.73 bits per heavy atom. The zero-order valence-electron chi connectivity index (χ0n) is 6.29. The van der Waals surface area contributed by atoms with E-state index in [-0.39, 0.29) is 12.6 Å². The standard InChI is InChI=1S/C7H13NO3/c8-5-2-1-3-7(5,4-9)6(10)11/h5,9H,1-4,8H2,(H,10,11)/t5-,7-/m1/s1. The molecule has 4 N–H and O–H groups in total. The highest BCUT2D eigenvalue weighted by Crippen LogP contribution is 2.36. The Labute approximate surface area is 65.0 Å². The summed E-state index contributed by atoms with van der Waals surface area (Å²) in [4.78, 5) is 10.7. The monoisotopic (exact) mass is 159 g/mol. The molecule has 0 aromatic rings. The number of carbonyl (C=O) groups is 1. The fourth-order valence-electron chi connectivity index (χ4n) is 1.63. The second kappa shape index (κ2) is 2.79. The minimum Gasteiger partial charge on any atom is -0.481 e. The minimum absolute atomic E-state index is 0.344. The van der Waals surface area contributed by atoms with Gasteiger partial charge in [-0.05, 0) is 12.8 Å². The van der Waals surface area contributed by atoms with E-state index in [1.807, 2.05) is 0 Å². The van der Waals surface area contributed by atoms with Gasteiger partial charge in [0.2, 0.25) is 0 Å². The lowest BCUT2D eigenvalue weighted by Gasteiger charge is -2.25. The maximum atomic E-state index is 10.7. The van der Waals surface area contributed by atoms with Gasteiger partial charge in [0.05, 0.1) is 6.61 Å². The number of hydrogen-bond acceptors (Lipinski definition) is 3. The molecule has 1 aliphatic rings. The molecule has 4 heteroatoms. The van der Waals surface area contributed by atoms with Crippen LogP contribution in [-0.4, -0.2) is 28.8 Å². The Morgan fingerprint density at radius 2 is 2.36 bits per heavy atom. The fraction of sp³-hybridized carbons (Fsp3) is 0.857. The molecular formula is C7H13NO3. The van der Waals surface area contributed by atoms with Crippen LogP contribution in [-0.2, 0) is 4.79 Å². The minimum atomic E-state index is -1.06. The summed E-state index contributed by atoms with van der Waals surface area (Å²) in [6.07, 6.45) is 2.00. The zero-order chi connectivity index (χ0) is 8.48. The van der Waals surface area contributed by atoms with Crippen molar-refractivity contribution in [3.63, 3.8) is 0 Å². The molecule has 4 nitrogen and oxygen atoms in total. The molecule has 0 aliphatic heterocycles. The van der Waals surface area contributed by atoms with Gasteiger partial charge < -0.3 is 15.9 Å². The van der Waals surface area contributed by atoms with E-state index in [4.69, 9.17) is 15.9 Å². The molecule has 2 atom stereocenters. The van der Waals surface area contributed by atoms with Gasteiger partial charge in [-0.25, -0.2) is 0 Å². The second-order valence-corrected chi connectivity index (χ2v) is 3.12. The van der Waals surface area contributed by atoms with E-state index in [1.165, 1.54) is 0 Å². The number of aliphatic carboxylic acids is 1. The molecule has 1 saturated carbocycles. The molecule has 0 spiro atoms. The maximum Gasteiger partial charge on any atom is 0.313 e. The lowest BCUT2D eigenvalue weighted by molar-refractivity contribution is -0.152. The molecule has 0 bridgehead atoms. The number of carboxylic acid groups (broad SMARTS) is 1. The number of nitrogens with two attached hydrogens (primary N) is 1. The molecule has 1 fully saturated rings. The molecule has 0 saturated heterocycles. The van der Waals surface area contributed by atoms with Gasteiger partial charge in [0.15, 0.2) is 0 Å². The van der Waals surface area contributed by atoms with Crippen LogP contribution < -0.4 is 5.73 Å². The first-order valence-electron chi connectivity index (χ1n) is 3.73. The normalized spacial score (nSPS) is 37.5. The van der Waals surface area contributed by atoms with E-state index in [1.54, 1.807) is 0 Å². The van der Waals surface area contributed by atoms with E-state index in [0.29, 0.717) is 12.8 Å². The summed E-state index contributed by atoms with van der Waals surface area (Å²) in [7, 11) is 0. The van der Waals surface area contributed by atoms with Gasteiger partial charge in [-0.1, -0.05) is 6.42 Å². The van der Waals surface area contributed by atoms with Gasteiger partial charge in [-0.2, -0.15) is 0 Å². The van der Waals surface area contributed by atoms with Crippen molar-refractivity contribution in [3.8, 4) is 0 Å². The molecule has 0 aromatic carbocycles. The van der Waals surface area contributed by atoms with Crippen molar-refractivity contribution in [1.82, 2.24) is 0 Å². The number of rotatable bonds is 2. The smallest absolute Gasteiger partial charge is 0.313 e. The fourth-order valence-corrected chi connectivity index (χ4v) is 1.63. The highest BCUT2D eigenvalue weighted by Gasteiger charge is 2.47. The van der Waals surface area contributed by atoms with Crippen molar-refractivity contribution >= 4 is 5.97 Å². The van der Waals surface area contributed by atoms with Crippen LogP contribution in [0.2, 0.25) is 0 Å². The van der Waals surface area contributed by atoms with Crippen LogP contribution in [0.4, 0.5) is 0 Å². The summed E-state index contributed by atoms with van der Waals surface area (Å²) in [5.74, 6) is -0.968. The number of hydrogen-bond donors (Lipinski definition) is 3. The molecule has 0 amide bonds. The molecular weight excluding hydrogens is 146 g/mol. The maximum absolute atomic E-state index is 10.7. The Bertz CT molecular complexity index is 171. The predicted octanol–water partition coefficient (Wildman–Crippen LogP) is -0.439. The van der Waals surface area contributed by atoms with Gasteiger partial charge >= 0.3 is 5.97 Å². The van der Waals surface area contributed by atoms with Gasteiger partial charge in [0.25, 0.3) is 0 Å². The lowest BCUT2D eigenvalue weighted by Crippen LogP contribution is -2.46. The zero-order valence-corrected chi connectivity index (χ0v) is 6.29. The molecule has 1 rings (SSSR count).